The molecule has 1 amide bonds. The zero-order valence-electron chi connectivity index (χ0n) is 8.64. The van der Waals surface area contributed by atoms with Gasteiger partial charge in [-0.3, -0.25) is 4.79 Å². The summed E-state index contributed by atoms with van der Waals surface area (Å²) in [5.41, 5.74) is 5.50. The van der Waals surface area contributed by atoms with Gasteiger partial charge < -0.3 is 20.5 Å². The molecule has 82 valence electrons. The number of amides is 1. The first-order valence-electron chi connectivity index (χ1n) is 4.85. The number of carbonyl (C=O) groups is 1. The monoisotopic (exact) mass is 202 g/mol. The molecule has 5 heteroatoms. The SMILES string of the molecule is CC1CN(C(=O)[C@@H](C)N)CC(CO)O1. The van der Waals surface area contributed by atoms with Crippen molar-refractivity contribution in [2.75, 3.05) is 19.7 Å². The molecule has 0 aliphatic carbocycles. The van der Waals surface area contributed by atoms with Crippen molar-refractivity contribution in [3.8, 4) is 0 Å². The van der Waals surface area contributed by atoms with Crippen LogP contribution in [0.1, 0.15) is 13.8 Å². The van der Waals surface area contributed by atoms with E-state index < -0.39 is 6.04 Å². The maximum absolute atomic E-state index is 11.6. The fourth-order valence-electron chi connectivity index (χ4n) is 1.61. The number of hydrogen-bond acceptors (Lipinski definition) is 4. The largest absolute Gasteiger partial charge is 0.394 e. The van der Waals surface area contributed by atoms with E-state index in [9.17, 15) is 4.79 Å². The van der Waals surface area contributed by atoms with Gasteiger partial charge in [0.05, 0.1) is 24.9 Å². The van der Waals surface area contributed by atoms with E-state index in [1.807, 2.05) is 6.92 Å². The van der Waals surface area contributed by atoms with Gasteiger partial charge in [0.1, 0.15) is 0 Å². The summed E-state index contributed by atoms with van der Waals surface area (Å²) in [6, 6.07) is -0.486. The molecule has 1 fully saturated rings. The first-order chi connectivity index (χ1) is 6.54. The quantitative estimate of drug-likeness (QED) is 0.598. The van der Waals surface area contributed by atoms with E-state index >= 15 is 0 Å². The van der Waals surface area contributed by atoms with E-state index in [2.05, 4.69) is 0 Å². The third-order valence-electron chi connectivity index (χ3n) is 2.23. The van der Waals surface area contributed by atoms with Gasteiger partial charge in [-0.15, -0.1) is 0 Å². The molecule has 0 radical (unpaired) electrons. The van der Waals surface area contributed by atoms with Crippen LogP contribution in [0.4, 0.5) is 0 Å². The average molecular weight is 202 g/mol. The van der Waals surface area contributed by atoms with Crippen LogP contribution in [-0.2, 0) is 9.53 Å². The lowest BCUT2D eigenvalue weighted by atomic mass is 10.2. The molecule has 2 unspecified atom stereocenters. The second kappa shape index (κ2) is 4.72. The van der Waals surface area contributed by atoms with Gasteiger partial charge in [0.25, 0.3) is 0 Å². The van der Waals surface area contributed by atoms with E-state index in [1.165, 1.54) is 0 Å². The van der Waals surface area contributed by atoms with E-state index in [0.717, 1.165) is 0 Å². The minimum atomic E-state index is -0.486. The molecule has 3 atom stereocenters. The normalized spacial score (nSPS) is 30.1. The second-order valence-electron chi connectivity index (χ2n) is 3.78. The van der Waals surface area contributed by atoms with Gasteiger partial charge in [-0.2, -0.15) is 0 Å². The maximum Gasteiger partial charge on any atom is 0.239 e. The second-order valence-corrected chi connectivity index (χ2v) is 3.78. The van der Waals surface area contributed by atoms with Crippen molar-refractivity contribution in [2.24, 2.45) is 5.73 Å². The van der Waals surface area contributed by atoms with E-state index in [-0.39, 0.29) is 24.7 Å². The van der Waals surface area contributed by atoms with Gasteiger partial charge in [0, 0.05) is 13.1 Å². The van der Waals surface area contributed by atoms with Crippen LogP contribution in [0, 0.1) is 0 Å². The van der Waals surface area contributed by atoms with Gasteiger partial charge >= 0.3 is 0 Å². The van der Waals surface area contributed by atoms with Crippen LogP contribution in [0.15, 0.2) is 0 Å². The summed E-state index contributed by atoms with van der Waals surface area (Å²) in [6.45, 7) is 4.46. The van der Waals surface area contributed by atoms with Crippen molar-refractivity contribution in [3.63, 3.8) is 0 Å². The van der Waals surface area contributed by atoms with Gasteiger partial charge in [-0.25, -0.2) is 0 Å². The number of aliphatic hydroxyl groups excluding tert-OH is 1. The number of aliphatic hydroxyl groups is 1. The van der Waals surface area contributed by atoms with Crippen LogP contribution in [0.2, 0.25) is 0 Å². The Balaban J connectivity index is 2.57. The Labute approximate surface area is 83.8 Å². The molecule has 14 heavy (non-hydrogen) atoms. The standard InChI is InChI=1S/C9H18N2O3/c1-6-3-11(9(13)7(2)10)4-8(5-12)14-6/h6-8,12H,3-5,10H2,1-2H3/t6?,7-,8?/m1/s1. The van der Waals surface area contributed by atoms with Crippen molar-refractivity contribution in [1.82, 2.24) is 4.90 Å². The Morgan fingerprint density at radius 1 is 1.71 bits per heavy atom. The van der Waals surface area contributed by atoms with E-state index in [1.54, 1.807) is 11.8 Å². The third kappa shape index (κ3) is 2.67. The summed E-state index contributed by atoms with van der Waals surface area (Å²) in [4.78, 5) is 13.2. The highest BCUT2D eigenvalue weighted by molar-refractivity contribution is 5.81. The molecule has 1 rings (SSSR count). The lowest BCUT2D eigenvalue weighted by Gasteiger charge is -2.36. The maximum atomic E-state index is 11.6. The van der Waals surface area contributed by atoms with Crippen LogP contribution in [0.5, 0.6) is 0 Å². The summed E-state index contributed by atoms with van der Waals surface area (Å²) in [5, 5.41) is 8.95. The fraction of sp³-hybridized carbons (Fsp3) is 0.889. The molecule has 1 aliphatic heterocycles. The average Bonchev–Trinajstić information content (AvgIpc) is 2.15. The fourth-order valence-corrected chi connectivity index (χ4v) is 1.61. The molecule has 3 N–H and O–H groups in total. The molecule has 1 heterocycles. The number of hydrogen-bond donors (Lipinski definition) is 2. The van der Waals surface area contributed by atoms with Crippen LogP contribution >= 0.6 is 0 Å². The van der Waals surface area contributed by atoms with Crippen molar-refractivity contribution in [2.45, 2.75) is 32.1 Å². The van der Waals surface area contributed by atoms with Crippen molar-refractivity contribution in [1.29, 1.82) is 0 Å². The van der Waals surface area contributed by atoms with Crippen LogP contribution in [0.25, 0.3) is 0 Å². The minimum absolute atomic E-state index is 0.0383. The predicted octanol–water partition coefficient (Wildman–Crippen LogP) is -1.06. The van der Waals surface area contributed by atoms with Gasteiger partial charge in [-0.1, -0.05) is 0 Å². The van der Waals surface area contributed by atoms with Crippen LogP contribution in [-0.4, -0.2) is 53.9 Å². The smallest absolute Gasteiger partial charge is 0.239 e. The first kappa shape index (κ1) is 11.4. The van der Waals surface area contributed by atoms with Crippen LogP contribution < -0.4 is 5.73 Å². The summed E-state index contributed by atoms with van der Waals surface area (Å²) in [5.74, 6) is -0.0846. The summed E-state index contributed by atoms with van der Waals surface area (Å²) in [6.07, 6.45) is -0.315. The summed E-state index contributed by atoms with van der Waals surface area (Å²) < 4.78 is 5.41. The highest BCUT2D eigenvalue weighted by Crippen LogP contribution is 2.11. The molecule has 0 aromatic heterocycles. The van der Waals surface area contributed by atoms with E-state index in [0.29, 0.717) is 13.1 Å². The molecule has 0 aromatic carbocycles. The number of carbonyl (C=O) groups excluding carboxylic acids is 1. The minimum Gasteiger partial charge on any atom is -0.394 e. The van der Waals surface area contributed by atoms with Gasteiger partial charge in [0.2, 0.25) is 5.91 Å². The summed E-state index contributed by atoms with van der Waals surface area (Å²) >= 11 is 0. The number of ether oxygens (including phenoxy) is 1. The topological polar surface area (TPSA) is 75.8 Å². The highest BCUT2D eigenvalue weighted by atomic mass is 16.5. The molecule has 0 saturated carbocycles. The molecule has 5 nitrogen and oxygen atoms in total. The van der Waals surface area contributed by atoms with Crippen molar-refractivity contribution >= 4 is 5.91 Å². The number of rotatable bonds is 2. The lowest BCUT2D eigenvalue weighted by Crippen LogP contribution is -2.53. The van der Waals surface area contributed by atoms with Crippen molar-refractivity contribution in [3.05, 3.63) is 0 Å². The van der Waals surface area contributed by atoms with Gasteiger partial charge in [0.15, 0.2) is 0 Å². The Bertz CT molecular complexity index is 208. The molecular weight excluding hydrogens is 184 g/mol. The Morgan fingerprint density at radius 2 is 2.36 bits per heavy atom. The zero-order chi connectivity index (χ0) is 10.7. The molecule has 0 spiro atoms. The number of morpholine rings is 1. The lowest BCUT2D eigenvalue weighted by molar-refractivity contribution is -0.148. The van der Waals surface area contributed by atoms with Gasteiger partial charge in [-0.05, 0) is 13.8 Å². The summed E-state index contributed by atoms with van der Waals surface area (Å²) in [7, 11) is 0. The Hall–Kier alpha value is -0.650. The first-order valence-corrected chi connectivity index (χ1v) is 4.85. The number of nitrogens with zero attached hydrogens (tertiary/aromatic N) is 1. The third-order valence-corrected chi connectivity index (χ3v) is 2.23. The van der Waals surface area contributed by atoms with Crippen LogP contribution in [0.3, 0.4) is 0 Å². The Kier molecular flexibility index (Phi) is 3.86. The molecule has 1 aliphatic rings. The molecule has 0 aromatic rings. The Morgan fingerprint density at radius 3 is 2.86 bits per heavy atom. The van der Waals surface area contributed by atoms with Crippen molar-refractivity contribution < 1.29 is 14.6 Å². The van der Waals surface area contributed by atoms with E-state index in [4.69, 9.17) is 15.6 Å². The highest BCUT2D eigenvalue weighted by Gasteiger charge is 2.28. The number of nitrogens with two attached hydrogens (primary N) is 1. The predicted molar refractivity (Wildman–Crippen MR) is 51.7 cm³/mol. The molecule has 0 bridgehead atoms. The zero-order valence-corrected chi connectivity index (χ0v) is 8.64. The molecule has 1 saturated heterocycles. The molecular formula is C9H18N2O3.